The molecule has 2 rings (SSSR count). The van der Waals surface area contributed by atoms with Gasteiger partial charge in [-0.25, -0.2) is 0 Å². The van der Waals surface area contributed by atoms with Crippen LogP contribution in [-0.4, -0.2) is 16.6 Å². The third-order valence-corrected chi connectivity index (χ3v) is 6.12. The van der Waals surface area contributed by atoms with Gasteiger partial charge in [-0.3, -0.25) is 0 Å². The van der Waals surface area contributed by atoms with Crippen LogP contribution in [0.1, 0.15) is 35.0 Å². The van der Waals surface area contributed by atoms with Gasteiger partial charge < -0.3 is 0 Å². The number of carbonyl (C=O) groups is 2. The second-order valence-electron chi connectivity index (χ2n) is 3.55. The minimum absolute atomic E-state index is 0.118. The first-order valence-corrected chi connectivity index (χ1v) is 9.09. The maximum absolute atomic E-state index is 11.9. The van der Waals surface area contributed by atoms with Gasteiger partial charge in [0.25, 0.3) is 0 Å². The predicted molar refractivity (Wildman–Crippen MR) is 60.7 cm³/mol. The molecule has 2 heterocycles. The average molecular weight is 350 g/mol. The molecule has 0 radical (unpaired) electrons. The number of rotatable bonds is 2. The summed E-state index contributed by atoms with van der Waals surface area (Å²) in [7, 11) is 0. The van der Waals surface area contributed by atoms with Gasteiger partial charge in [0.2, 0.25) is 0 Å². The van der Waals surface area contributed by atoms with E-state index in [4.69, 9.17) is 0 Å². The molecule has 88 valence electrons. The van der Waals surface area contributed by atoms with E-state index in [1.807, 2.05) is 9.18 Å². The molecule has 0 bridgehead atoms. The molecular formula is C11H13INO2S-. The number of ketones is 1. The van der Waals surface area contributed by atoms with Crippen LogP contribution in [0, 0.1) is 0 Å². The molecule has 0 unspecified atom stereocenters. The molecule has 0 saturated carbocycles. The molecule has 1 aliphatic rings. The second-order valence-corrected chi connectivity index (χ2v) is 6.60. The summed E-state index contributed by atoms with van der Waals surface area (Å²) in [5.74, 6) is 0.242. The Hall–Kier alpha value is -0.430. The van der Waals surface area contributed by atoms with Crippen LogP contribution in [0.15, 0.2) is 6.07 Å². The summed E-state index contributed by atoms with van der Waals surface area (Å²) in [5, 5.41) is 0.902. The van der Waals surface area contributed by atoms with E-state index in [9.17, 15) is 9.59 Å². The van der Waals surface area contributed by atoms with Gasteiger partial charge in [0.1, 0.15) is 0 Å². The maximum atomic E-state index is 11.9. The Balaban J connectivity index is 2.51. The number of hydrogen-bond donors (Lipinski definition) is 0. The van der Waals surface area contributed by atoms with Crippen molar-refractivity contribution in [3.05, 3.63) is 16.5 Å². The predicted octanol–water partition coefficient (Wildman–Crippen LogP) is -0.746. The molecule has 1 aromatic heterocycles. The van der Waals surface area contributed by atoms with Gasteiger partial charge in [0.05, 0.1) is 0 Å². The van der Waals surface area contributed by atoms with Crippen LogP contribution in [0.3, 0.4) is 0 Å². The molecule has 3 nitrogen and oxygen atoms in total. The molecule has 5 heteroatoms. The molecule has 0 saturated heterocycles. The van der Waals surface area contributed by atoms with Crippen molar-refractivity contribution in [1.29, 1.82) is 0 Å². The third-order valence-electron chi connectivity index (χ3n) is 2.54. The number of hydrogen-bond acceptors (Lipinski definition) is 3. The number of amides is 1. The van der Waals surface area contributed by atoms with E-state index in [0.29, 0.717) is 12.8 Å². The van der Waals surface area contributed by atoms with Gasteiger partial charge >= 0.3 is 110 Å². The van der Waals surface area contributed by atoms with Gasteiger partial charge in [-0.05, 0) is 0 Å². The van der Waals surface area contributed by atoms with Crippen LogP contribution in [0.25, 0.3) is 0 Å². The van der Waals surface area contributed by atoms with Gasteiger partial charge in [-0.1, -0.05) is 0 Å². The van der Waals surface area contributed by atoms with Crippen molar-refractivity contribution < 1.29 is 31.1 Å². The summed E-state index contributed by atoms with van der Waals surface area (Å²) >= 11 is 1.27. The van der Waals surface area contributed by atoms with Gasteiger partial charge in [-0.15, -0.1) is 0 Å². The summed E-state index contributed by atoms with van der Waals surface area (Å²) < 4.78 is 1.85. The van der Waals surface area contributed by atoms with E-state index in [2.05, 4.69) is 11.9 Å². The van der Waals surface area contributed by atoms with Crippen molar-refractivity contribution in [1.82, 2.24) is 0 Å². The molecule has 1 aliphatic heterocycles. The molecule has 0 aromatic carbocycles. The SMILES string of the molecule is CCc1cc2c(s1)N([I-]C)C(=O)CCC2=O. The number of fused-ring (bicyclic) bond motifs is 1. The molecule has 0 N–H and O–H groups in total. The van der Waals surface area contributed by atoms with E-state index >= 15 is 0 Å². The Morgan fingerprint density at radius 3 is 2.81 bits per heavy atom. The van der Waals surface area contributed by atoms with Gasteiger partial charge in [0, 0.05) is 0 Å². The fourth-order valence-electron chi connectivity index (χ4n) is 1.69. The zero-order valence-corrected chi connectivity index (χ0v) is 12.2. The van der Waals surface area contributed by atoms with Crippen molar-refractivity contribution in [2.24, 2.45) is 0 Å². The van der Waals surface area contributed by atoms with Gasteiger partial charge in [0.15, 0.2) is 0 Å². The zero-order chi connectivity index (χ0) is 11.7. The molecule has 0 atom stereocenters. The molecule has 0 aliphatic carbocycles. The topological polar surface area (TPSA) is 37.4 Å². The van der Waals surface area contributed by atoms with Crippen molar-refractivity contribution in [2.45, 2.75) is 26.2 Å². The first-order chi connectivity index (χ1) is 7.67. The first-order valence-electron chi connectivity index (χ1n) is 5.16. The monoisotopic (exact) mass is 350 g/mol. The number of anilines is 1. The number of carbonyl (C=O) groups excluding carboxylic acids is 2. The Labute approximate surface area is 109 Å². The standard InChI is InChI=1S/C11H13INO2S/c1-3-7-6-8-9(14)4-5-10(15)13(12-2)11(8)16-7/h6H,3-5H2,1-2H3/q-1. The number of alkyl halides is 1. The number of halogens is 1. The average Bonchev–Trinajstić information content (AvgIpc) is 2.67. The van der Waals surface area contributed by atoms with Crippen molar-refractivity contribution >= 4 is 28.0 Å². The minimum atomic E-state index is -0.330. The Bertz CT molecular complexity index is 441. The summed E-state index contributed by atoms with van der Waals surface area (Å²) in [5.41, 5.74) is 0.772. The van der Waals surface area contributed by atoms with E-state index in [0.717, 1.165) is 17.0 Å². The number of thiophene rings is 1. The van der Waals surface area contributed by atoms with Crippen LogP contribution in [0.4, 0.5) is 5.00 Å². The summed E-state index contributed by atoms with van der Waals surface area (Å²) in [6.07, 6.45) is 1.66. The van der Waals surface area contributed by atoms with Crippen molar-refractivity contribution in [2.75, 3.05) is 8.04 Å². The van der Waals surface area contributed by atoms with Crippen molar-refractivity contribution in [3.63, 3.8) is 0 Å². The van der Waals surface area contributed by atoms with E-state index < -0.39 is 0 Å². The van der Waals surface area contributed by atoms with E-state index in [1.165, 1.54) is 4.88 Å². The normalized spacial score (nSPS) is 16.5. The van der Waals surface area contributed by atoms with Crippen molar-refractivity contribution in [3.8, 4) is 0 Å². The number of Topliss-reactive ketones (excluding diaryl/α,β-unsaturated/α-hetero) is 1. The molecule has 0 fully saturated rings. The molecule has 1 amide bonds. The number of aryl methyl sites for hydroxylation is 1. The molecule has 1 aromatic rings. The van der Waals surface area contributed by atoms with Crippen LogP contribution in [-0.2, 0) is 11.2 Å². The second kappa shape index (κ2) is 4.83. The fourth-order valence-corrected chi connectivity index (χ4v) is 4.96. The Morgan fingerprint density at radius 2 is 2.19 bits per heavy atom. The molecule has 0 spiro atoms. The number of nitrogens with zero attached hydrogens (tertiary/aromatic N) is 1. The fraction of sp³-hybridized carbons (Fsp3) is 0.455. The first kappa shape index (κ1) is 12.0. The van der Waals surface area contributed by atoms with Crippen LogP contribution in [0.5, 0.6) is 0 Å². The van der Waals surface area contributed by atoms with Crippen LogP contribution >= 0.6 is 11.3 Å². The van der Waals surface area contributed by atoms with E-state index in [1.54, 1.807) is 11.3 Å². The van der Waals surface area contributed by atoms with Gasteiger partial charge in [-0.2, -0.15) is 0 Å². The Morgan fingerprint density at radius 1 is 1.44 bits per heavy atom. The van der Waals surface area contributed by atoms with E-state index in [-0.39, 0.29) is 33.2 Å². The molecule has 16 heavy (non-hydrogen) atoms. The third kappa shape index (κ3) is 2.02. The quantitative estimate of drug-likeness (QED) is 0.400. The molecular weight excluding hydrogens is 337 g/mol. The van der Waals surface area contributed by atoms with Crippen LogP contribution in [0.2, 0.25) is 0 Å². The summed E-state index contributed by atoms with van der Waals surface area (Å²) in [6.45, 7) is 2.07. The Kier molecular flexibility index (Phi) is 3.63. The summed E-state index contributed by atoms with van der Waals surface area (Å²) in [4.78, 5) is 27.0. The summed E-state index contributed by atoms with van der Waals surface area (Å²) in [6, 6.07) is 1.97. The zero-order valence-electron chi connectivity index (χ0n) is 9.25. The van der Waals surface area contributed by atoms with Crippen LogP contribution < -0.4 is 24.6 Å².